The standard InChI is InChI=1S/C15H19F3N2O2/c16-15(17,18)7-14(22)19-8-11-3-1-2-4-12(11)9-20-6-5-13(21)10-20/h1-4,13,21H,5-10H2,(H,19,22)/t13-/m0/s1. The molecule has 1 aliphatic rings. The molecule has 1 heterocycles. The molecule has 1 atom stereocenters. The van der Waals surface area contributed by atoms with Crippen molar-refractivity contribution in [2.45, 2.75) is 38.2 Å². The number of β-amino-alcohol motifs (C(OH)–C–C–N with tert-alkyl or cyclic N) is 1. The van der Waals surface area contributed by atoms with Crippen molar-refractivity contribution in [2.75, 3.05) is 13.1 Å². The van der Waals surface area contributed by atoms with E-state index in [1.54, 1.807) is 12.1 Å². The number of likely N-dealkylation sites (tertiary alicyclic amines) is 1. The second-order valence-corrected chi connectivity index (χ2v) is 5.52. The topological polar surface area (TPSA) is 52.6 Å². The molecule has 0 aromatic heterocycles. The van der Waals surface area contributed by atoms with Crippen LogP contribution in [-0.4, -0.2) is 41.3 Å². The summed E-state index contributed by atoms with van der Waals surface area (Å²) in [5, 5.41) is 11.8. The first-order valence-corrected chi connectivity index (χ1v) is 7.14. The molecule has 7 heteroatoms. The number of aliphatic hydroxyl groups is 1. The molecule has 1 amide bonds. The molecule has 122 valence electrons. The van der Waals surface area contributed by atoms with Gasteiger partial charge in [-0.2, -0.15) is 13.2 Å². The Kier molecular flexibility index (Phi) is 5.42. The van der Waals surface area contributed by atoms with Crippen LogP contribution in [0.4, 0.5) is 13.2 Å². The van der Waals surface area contributed by atoms with Gasteiger partial charge in [-0.05, 0) is 17.5 Å². The lowest BCUT2D eigenvalue weighted by molar-refractivity contribution is -0.153. The molecule has 0 spiro atoms. The molecule has 1 saturated heterocycles. The van der Waals surface area contributed by atoms with E-state index in [1.807, 2.05) is 12.1 Å². The van der Waals surface area contributed by atoms with Crippen LogP contribution >= 0.6 is 0 Å². The molecular formula is C15H19F3N2O2. The second kappa shape index (κ2) is 7.11. The highest BCUT2D eigenvalue weighted by atomic mass is 19.4. The highest BCUT2D eigenvalue weighted by Gasteiger charge is 2.31. The van der Waals surface area contributed by atoms with E-state index < -0.39 is 18.5 Å². The summed E-state index contributed by atoms with van der Waals surface area (Å²) in [5.74, 6) is -1.03. The first-order valence-electron chi connectivity index (χ1n) is 7.14. The summed E-state index contributed by atoms with van der Waals surface area (Å²) >= 11 is 0. The minimum atomic E-state index is -4.49. The summed E-state index contributed by atoms with van der Waals surface area (Å²) in [4.78, 5) is 13.3. The molecule has 1 aromatic rings. The average molecular weight is 316 g/mol. The van der Waals surface area contributed by atoms with E-state index in [-0.39, 0.29) is 12.6 Å². The molecule has 4 nitrogen and oxygen atoms in total. The van der Waals surface area contributed by atoms with Gasteiger partial charge in [-0.25, -0.2) is 0 Å². The van der Waals surface area contributed by atoms with Crippen molar-refractivity contribution in [1.82, 2.24) is 10.2 Å². The van der Waals surface area contributed by atoms with E-state index in [0.717, 1.165) is 24.1 Å². The van der Waals surface area contributed by atoms with Crippen LogP contribution in [0.15, 0.2) is 24.3 Å². The van der Waals surface area contributed by atoms with Gasteiger partial charge in [-0.1, -0.05) is 24.3 Å². The zero-order valence-corrected chi connectivity index (χ0v) is 12.1. The van der Waals surface area contributed by atoms with Crippen LogP contribution in [0.5, 0.6) is 0 Å². The van der Waals surface area contributed by atoms with E-state index in [2.05, 4.69) is 10.2 Å². The Hall–Kier alpha value is -1.60. The van der Waals surface area contributed by atoms with Gasteiger partial charge < -0.3 is 10.4 Å². The maximum absolute atomic E-state index is 12.1. The highest BCUT2D eigenvalue weighted by Crippen LogP contribution is 2.20. The number of hydrogen-bond donors (Lipinski definition) is 2. The van der Waals surface area contributed by atoms with E-state index in [4.69, 9.17) is 0 Å². The summed E-state index contributed by atoms with van der Waals surface area (Å²) in [6.45, 7) is 2.06. The number of amides is 1. The summed E-state index contributed by atoms with van der Waals surface area (Å²) in [6, 6.07) is 7.31. The van der Waals surface area contributed by atoms with Crippen LogP contribution in [0.3, 0.4) is 0 Å². The Balaban J connectivity index is 1.92. The summed E-state index contributed by atoms with van der Waals surface area (Å²) in [6.07, 6.45) is -5.55. The molecule has 1 fully saturated rings. The third kappa shape index (κ3) is 5.31. The lowest BCUT2D eigenvalue weighted by Crippen LogP contribution is -2.29. The number of carbonyl (C=O) groups is 1. The van der Waals surface area contributed by atoms with Gasteiger partial charge in [-0.3, -0.25) is 9.69 Å². The van der Waals surface area contributed by atoms with Crippen molar-refractivity contribution in [1.29, 1.82) is 0 Å². The molecule has 0 saturated carbocycles. The normalized spacial score (nSPS) is 19.4. The maximum atomic E-state index is 12.1. The van der Waals surface area contributed by atoms with Crippen LogP contribution in [0.2, 0.25) is 0 Å². The second-order valence-electron chi connectivity index (χ2n) is 5.52. The van der Waals surface area contributed by atoms with Gasteiger partial charge in [0.2, 0.25) is 5.91 Å². The number of nitrogens with zero attached hydrogens (tertiary/aromatic N) is 1. The third-order valence-electron chi connectivity index (χ3n) is 3.60. The largest absolute Gasteiger partial charge is 0.397 e. The van der Waals surface area contributed by atoms with Gasteiger partial charge in [0.05, 0.1) is 6.10 Å². The Labute approximate surface area is 126 Å². The van der Waals surface area contributed by atoms with Crippen LogP contribution in [0, 0.1) is 0 Å². The monoisotopic (exact) mass is 316 g/mol. The number of carbonyl (C=O) groups excluding carboxylic acids is 1. The number of aliphatic hydroxyl groups excluding tert-OH is 1. The molecule has 22 heavy (non-hydrogen) atoms. The number of halogens is 3. The molecule has 1 aliphatic heterocycles. The molecule has 2 rings (SSSR count). The third-order valence-corrected chi connectivity index (χ3v) is 3.60. The van der Waals surface area contributed by atoms with Crippen molar-refractivity contribution in [3.8, 4) is 0 Å². The Morgan fingerprint density at radius 3 is 2.59 bits per heavy atom. The van der Waals surface area contributed by atoms with Gasteiger partial charge in [-0.15, -0.1) is 0 Å². The number of rotatable bonds is 5. The summed E-state index contributed by atoms with van der Waals surface area (Å²) < 4.78 is 36.4. The zero-order chi connectivity index (χ0) is 16.2. The van der Waals surface area contributed by atoms with Gasteiger partial charge in [0.1, 0.15) is 6.42 Å². The number of nitrogens with one attached hydrogen (secondary N) is 1. The SMILES string of the molecule is O=C(CC(F)(F)F)NCc1ccccc1CN1CC[C@H](O)C1. The van der Waals surface area contributed by atoms with E-state index in [9.17, 15) is 23.1 Å². The van der Waals surface area contributed by atoms with Crippen molar-refractivity contribution < 1.29 is 23.1 Å². The first-order chi connectivity index (χ1) is 10.3. The molecule has 0 radical (unpaired) electrons. The molecule has 2 N–H and O–H groups in total. The fourth-order valence-corrected chi connectivity index (χ4v) is 2.52. The molecular weight excluding hydrogens is 297 g/mol. The highest BCUT2D eigenvalue weighted by molar-refractivity contribution is 5.76. The molecule has 1 aromatic carbocycles. The quantitative estimate of drug-likeness (QED) is 0.871. The smallest absolute Gasteiger partial charge is 0.392 e. The minimum Gasteiger partial charge on any atom is -0.392 e. The Morgan fingerprint density at radius 1 is 1.32 bits per heavy atom. The van der Waals surface area contributed by atoms with Crippen LogP contribution < -0.4 is 5.32 Å². The van der Waals surface area contributed by atoms with E-state index >= 15 is 0 Å². The van der Waals surface area contributed by atoms with Crippen molar-refractivity contribution in [3.05, 3.63) is 35.4 Å². The summed E-state index contributed by atoms with van der Waals surface area (Å²) in [5.41, 5.74) is 1.74. The fraction of sp³-hybridized carbons (Fsp3) is 0.533. The predicted octanol–water partition coefficient (Wildman–Crippen LogP) is 1.82. The maximum Gasteiger partial charge on any atom is 0.397 e. The Bertz CT molecular complexity index is 520. The average Bonchev–Trinajstić information content (AvgIpc) is 2.81. The molecule has 0 aliphatic carbocycles. The number of alkyl halides is 3. The Morgan fingerprint density at radius 2 is 2.00 bits per heavy atom. The van der Waals surface area contributed by atoms with Crippen molar-refractivity contribution >= 4 is 5.91 Å². The van der Waals surface area contributed by atoms with Crippen molar-refractivity contribution in [3.63, 3.8) is 0 Å². The van der Waals surface area contributed by atoms with Gasteiger partial charge >= 0.3 is 6.18 Å². The van der Waals surface area contributed by atoms with Crippen molar-refractivity contribution in [2.24, 2.45) is 0 Å². The predicted molar refractivity (Wildman–Crippen MR) is 74.9 cm³/mol. The number of benzene rings is 1. The lowest BCUT2D eigenvalue weighted by Gasteiger charge is -2.18. The number of hydrogen-bond acceptors (Lipinski definition) is 3. The van der Waals surface area contributed by atoms with Gasteiger partial charge in [0.15, 0.2) is 0 Å². The van der Waals surface area contributed by atoms with Gasteiger partial charge in [0.25, 0.3) is 0 Å². The van der Waals surface area contributed by atoms with E-state index in [0.29, 0.717) is 13.1 Å². The van der Waals surface area contributed by atoms with Crippen LogP contribution in [0.25, 0.3) is 0 Å². The summed E-state index contributed by atoms with van der Waals surface area (Å²) in [7, 11) is 0. The van der Waals surface area contributed by atoms with Gasteiger partial charge in [0, 0.05) is 26.2 Å². The fourth-order valence-electron chi connectivity index (χ4n) is 2.52. The van der Waals surface area contributed by atoms with Crippen LogP contribution in [-0.2, 0) is 17.9 Å². The first kappa shape index (κ1) is 16.8. The zero-order valence-electron chi connectivity index (χ0n) is 12.1. The minimum absolute atomic E-state index is 0.0709. The lowest BCUT2D eigenvalue weighted by atomic mass is 10.1. The van der Waals surface area contributed by atoms with Crippen LogP contribution in [0.1, 0.15) is 24.0 Å². The van der Waals surface area contributed by atoms with E-state index in [1.165, 1.54) is 0 Å². The molecule has 0 unspecified atom stereocenters. The molecule has 0 bridgehead atoms.